The summed E-state index contributed by atoms with van der Waals surface area (Å²) in [4.78, 5) is 3.27. The normalized spacial score (nSPS) is 46.6. The van der Waals surface area contributed by atoms with E-state index in [4.69, 9.17) is 5.73 Å². The predicted octanol–water partition coefficient (Wildman–Crippen LogP) is 10.7. The predicted molar refractivity (Wildman–Crippen MR) is 187 cm³/mol. The van der Waals surface area contributed by atoms with Gasteiger partial charge in [0.05, 0.1) is 0 Å². The summed E-state index contributed by atoms with van der Waals surface area (Å²) in [5.41, 5.74) is 6.43. The molecule has 6 aliphatic carbocycles. The van der Waals surface area contributed by atoms with Crippen LogP contribution in [0.5, 0.6) is 0 Å². The van der Waals surface area contributed by atoms with Crippen molar-refractivity contribution in [3.8, 4) is 0 Å². The molecule has 44 heavy (non-hydrogen) atoms. The molecule has 0 amide bonds. The first-order valence-corrected chi connectivity index (χ1v) is 20.8. The molecule has 0 aromatic heterocycles. The Morgan fingerprint density at radius 1 is 0.659 bits per heavy atom. The fraction of sp³-hybridized carbons (Fsp3) is 0.952. The van der Waals surface area contributed by atoms with Gasteiger partial charge in [0.15, 0.2) is 0 Å². The molecule has 0 aromatic carbocycles. The summed E-state index contributed by atoms with van der Waals surface area (Å²) in [6, 6.07) is 1.68. The summed E-state index contributed by atoms with van der Waals surface area (Å²) in [5, 5.41) is 0. The number of nitrogens with two attached hydrogens (primary N) is 1. The Hall–Kier alpha value is -0.340. The maximum absolute atomic E-state index is 6.43. The zero-order valence-electron chi connectivity index (χ0n) is 29.2. The number of likely N-dealkylation sites (tertiary alicyclic amines) is 1. The molecule has 1 saturated heterocycles. The third-order valence-corrected chi connectivity index (χ3v) is 16.3. The van der Waals surface area contributed by atoms with Crippen LogP contribution in [0.3, 0.4) is 0 Å². The van der Waals surface area contributed by atoms with Crippen LogP contribution in [0, 0.1) is 71.0 Å². The number of fused-ring (bicyclic) bond motifs is 3. The van der Waals surface area contributed by atoms with Crippen LogP contribution in [0.15, 0.2) is 12.2 Å². The fourth-order valence-corrected chi connectivity index (χ4v) is 13.8. The van der Waals surface area contributed by atoms with Crippen LogP contribution < -0.4 is 5.73 Å². The minimum atomic E-state index is 0.741. The molecule has 7 rings (SSSR count). The van der Waals surface area contributed by atoms with Crippen molar-refractivity contribution >= 4 is 0 Å². The van der Waals surface area contributed by atoms with E-state index in [-0.39, 0.29) is 0 Å². The maximum atomic E-state index is 6.43. The van der Waals surface area contributed by atoms with E-state index in [1.54, 1.807) is 57.8 Å². The Labute approximate surface area is 273 Å². The Kier molecular flexibility index (Phi) is 10.9. The van der Waals surface area contributed by atoms with Crippen LogP contribution in [0.4, 0.5) is 0 Å². The third kappa shape index (κ3) is 6.66. The summed E-state index contributed by atoms with van der Waals surface area (Å²) < 4.78 is 0. The van der Waals surface area contributed by atoms with Crippen molar-refractivity contribution in [1.29, 1.82) is 0 Å². The van der Waals surface area contributed by atoms with E-state index in [9.17, 15) is 0 Å². The summed E-state index contributed by atoms with van der Waals surface area (Å²) in [6.45, 7) is 7.49. The van der Waals surface area contributed by atoms with Gasteiger partial charge in [-0.2, -0.15) is 0 Å². The second-order valence-electron chi connectivity index (χ2n) is 18.0. The van der Waals surface area contributed by atoms with Crippen LogP contribution in [-0.2, 0) is 0 Å². The van der Waals surface area contributed by atoms with Crippen molar-refractivity contribution in [2.45, 2.75) is 167 Å². The molecule has 2 nitrogen and oxygen atoms in total. The van der Waals surface area contributed by atoms with Crippen molar-refractivity contribution in [2.24, 2.45) is 76.7 Å². The molecule has 6 fully saturated rings. The highest BCUT2D eigenvalue weighted by Gasteiger charge is 2.49. The average molecular weight is 605 g/mol. The van der Waals surface area contributed by atoms with Gasteiger partial charge in [0.1, 0.15) is 0 Å². The van der Waals surface area contributed by atoms with Crippen molar-refractivity contribution in [1.82, 2.24) is 4.90 Å². The highest BCUT2D eigenvalue weighted by atomic mass is 15.2. The van der Waals surface area contributed by atoms with Crippen LogP contribution >= 0.6 is 0 Å². The Bertz CT molecular complexity index is 909. The SMILES string of the molecule is CCC(CN)C1CCC2C(C)C3CCC=CC3C(C3CCC(C4CCC5CCCCC5C4)CC3)CN(C3CCCCC3)C2C1. The van der Waals surface area contributed by atoms with E-state index in [0.717, 1.165) is 89.6 Å². The number of nitrogens with zero attached hydrogens (tertiary/aromatic N) is 1. The molecule has 5 saturated carbocycles. The van der Waals surface area contributed by atoms with Gasteiger partial charge in [-0.1, -0.05) is 77.4 Å². The van der Waals surface area contributed by atoms with E-state index in [1.165, 1.54) is 90.0 Å². The summed E-state index contributed by atoms with van der Waals surface area (Å²) in [5.74, 6) is 11.4. The second-order valence-corrected chi connectivity index (χ2v) is 18.0. The monoisotopic (exact) mass is 605 g/mol. The maximum Gasteiger partial charge on any atom is 0.0132 e. The zero-order chi connectivity index (χ0) is 30.0. The van der Waals surface area contributed by atoms with Gasteiger partial charge < -0.3 is 5.73 Å². The largest absolute Gasteiger partial charge is 0.330 e. The first-order chi connectivity index (χ1) is 21.6. The molecule has 0 spiro atoms. The van der Waals surface area contributed by atoms with Gasteiger partial charge in [-0.3, -0.25) is 4.90 Å². The van der Waals surface area contributed by atoms with E-state index in [1.807, 2.05) is 0 Å². The van der Waals surface area contributed by atoms with E-state index in [0.29, 0.717) is 0 Å². The van der Waals surface area contributed by atoms with E-state index < -0.39 is 0 Å². The lowest BCUT2D eigenvalue weighted by Gasteiger charge is -2.57. The Morgan fingerprint density at radius 3 is 2.07 bits per heavy atom. The molecule has 1 heterocycles. The van der Waals surface area contributed by atoms with Crippen LogP contribution in [0.2, 0.25) is 0 Å². The van der Waals surface area contributed by atoms with E-state index >= 15 is 0 Å². The summed E-state index contributed by atoms with van der Waals surface area (Å²) >= 11 is 0. The van der Waals surface area contributed by atoms with Crippen molar-refractivity contribution in [2.75, 3.05) is 13.1 Å². The molecule has 11 atom stereocenters. The van der Waals surface area contributed by atoms with Crippen LogP contribution in [0.1, 0.15) is 155 Å². The van der Waals surface area contributed by atoms with Crippen LogP contribution in [0.25, 0.3) is 0 Å². The smallest absolute Gasteiger partial charge is 0.0132 e. The molecule has 11 unspecified atom stereocenters. The Balaban J connectivity index is 1.11. The molecule has 0 aromatic rings. The molecule has 2 N–H and O–H groups in total. The number of rotatable bonds is 6. The average Bonchev–Trinajstić information content (AvgIpc) is 3.09. The molecular weight excluding hydrogens is 532 g/mol. The number of hydrogen-bond acceptors (Lipinski definition) is 2. The highest BCUT2D eigenvalue weighted by molar-refractivity contribution is 5.08. The van der Waals surface area contributed by atoms with Gasteiger partial charge in [0.2, 0.25) is 0 Å². The van der Waals surface area contributed by atoms with Gasteiger partial charge >= 0.3 is 0 Å². The van der Waals surface area contributed by atoms with Gasteiger partial charge in [0, 0.05) is 18.6 Å². The lowest BCUT2D eigenvalue weighted by Crippen LogP contribution is -2.58. The quantitative estimate of drug-likeness (QED) is 0.306. The molecule has 1 aliphatic heterocycles. The van der Waals surface area contributed by atoms with Crippen molar-refractivity contribution in [3.63, 3.8) is 0 Å². The van der Waals surface area contributed by atoms with E-state index in [2.05, 4.69) is 30.9 Å². The molecule has 0 bridgehead atoms. The third-order valence-electron chi connectivity index (χ3n) is 16.3. The first kappa shape index (κ1) is 32.2. The molecule has 0 radical (unpaired) electrons. The Morgan fingerprint density at radius 2 is 1.32 bits per heavy atom. The lowest BCUT2D eigenvalue weighted by atomic mass is 9.56. The van der Waals surface area contributed by atoms with Crippen LogP contribution in [-0.4, -0.2) is 30.1 Å². The number of hydrogen-bond donors (Lipinski definition) is 1. The van der Waals surface area contributed by atoms with Gasteiger partial charge in [0.25, 0.3) is 0 Å². The molecule has 7 aliphatic rings. The highest BCUT2D eigenvalue weighted by Crippen LogP contribution is 2.54. The summed E-state index contributed by atoms with van der Waals surface area (Å²) in [6.07, 6.45) is 38.4. The van der Waals surface area contributed by atoms with Gasteiger partial charge in [-0.25, -0.2) is 0 Å². The second kappa shape index (κ2) is 14.8. The van der Waals surface area contributed by atoms with Gasteiger partial charge in [-0.05, 0) is 167 Å². The molecule has 2 heteroatoms. The lowest BCUT2D eigenvalue weighted by molar-refractivity contribution is -0.0660. The minimum Gasteiger partial charge on any atom is -0.330 e. The topological polar surface area (TPSA) is 29.3 Å². The molecule has 250 valence electrons. The standard InChI is InChI=1S/C42H72N2/c1-3-30(27-43)36-23-24-39-29(2)38-15-9-10-16-40(38)41(28-44(42(39)26-36)37-13-5-4-6-14-37)33-20-17-32(18-21-33)35-22-19-31-11-7-8-12-34(31)25-35/h10,16,29-42H,3-9,11-15,17-28,43H2,1-2H3. The van der Waals surface area contributed by atoms with Gasteiger partial charge in [-0.15, -0.1) is 0 Å². The summed E-state index contributed by atoms with van der Waals surface area (Å²) in [7, 11) is 0. The number of allylic oxidation sites excluding steroid dienone is 2. The van der Waals surface area contributed by atoms with Crippen molar-refractivity contribution < 1.29 is 0 Å². The van der Waals surface area contributed by atoms with Crippen molar-refractivity contribution in [3.05, 3.63) is 12.2 Å². The minimum absolute atomic E-state index is 0.741. The molecular formula is C42H72N2. The first-order valence-electron chi connectivity index (χ1n) is 20.8. The fourth-order valence-electron chi connectivity index (χ4n) is 13.8. The zero-order valence-corrected chi connectivity index (χ0v) is 29.2.